The first kappa shape index (κ1) is 26.3. The molecule has 9 nitrogen and oxygen atoms in total. The maximum absolute atomic E-state index is 13.1. The Kier molecular flexibility index (Phi) is 7.84. The lowest BCUT2D eigenvalue weighted by atomic mass is 10.2. The first-order valence-electron chi connectivity index (χ1n) is 11.8. The highest BCUT2D eigenvalue weighted by molar-refractivity contribution is 7.89. The smallest absolute Gasteiger partial charge is 0.279 e. The number of carbonyl (C=O) groups excluding carboxylic acids is 1. The SMILES string of the molecule is CCCn1c(=NC(=O)c2ccc(S(=O)(=O)N3C[C@H](C)O[C@@H](C)C3)cc2)sc2cc(OC)c(OC)cc21. The Morgan fingerprint density at radius 1 is 1.08 bits per heavy atom. The van der Waals surface area contributed by atoms with Crippen molar-refractivity contribution in [3.8, 4) is 11.5 Å². The van der Waals surface area contributed by atoms with Gasteiger partial charge in [0.05, 0.1) is 41.5 Å². The number of rotatable bonds is 7. The van der Waals surface area contributed by atoms with Gasteiger partial charge in [0.25, 0.3) is 5.91 Å². The fourth-order valence-corrected chi connectivity index (χ4v) is 6.97. The molecule has 1 aromatic heterocycles. The Bertz CT molecular complexity index is 1420. The highest BCUT2D eigenvalue weighted by atomic mass is 32.2. The van der Waals surface area contributed by atoms with Gasteiger partial charge in [0.15, 0.2) is 16.3 Å². The molecule has 0 aliphatic carbocycles. The second kappa shape index (κ2) is 10.7. The summed E-state index contributed by atoms with van der Waals surface area (Å²) < 4.78 is 47.1. The number of methoxy groups -OCH3 is 2. The van der Waals surface area contributed by atoms with Gasteiger partial charge in [-0.2, -0.15) is 9.30 Å². The highest BCUT2D eigenvalue weighted by Gasteiger charge is 2.32. The summed E-state index contributed by atoms with van der Waals surface area (Å²) in [6.07, 6.45) is 0.492. The van der Waals surface area contributed by atoms with Crippen LogP contribution in [-0.2, 0) is 21.3 Å². The molecule has 4 rings (SSSR count). The molecule has 11 heteroatoms. The van der Waals surface area contributed by atoms with Crippen molar-refractivity contribution in [1.82, 2.24) is 8.87 Å². The zero-order valence-electron chi connectivity index (χ0n) is 21.1. The third-order valence-electron chi connectivity index (χ3n) is 5.96. The Morgan fingerprint density at radius 2 is 1.69 bits per heavy atom. The minimum atomic E-state index is -3.69. The summed E-state index contributed by atoms with van der Waals surface area (Å²) in [5, 5.41) is 0. The molecule has 1 aliphatic heterocycles. The van der Waals surface area contributed by atoms with E-state index >= 15 is 0 Å². The topological polar surface area (TPSA) is 99.4 Å². The number of nitrogens with zero attached hydrogens (tertiary/aromatic N) is 3. The minimum Gasteiger partial charge on any atom is -0.493 e. The van der Waals surface area contributed by atoms with Crippen molar-refractivity contribution in [3.63, 3.8) is 0 Å². The van der Waals surface area contributed by atoms with Crippen LogP contribution < -0.4 is 14.3 Å². The van der Waals surface area contributed by atoms with E-state index in [1.807, 2.05) is 30.5 Å². The van der Waals surface area contributed by atoms with Crippen LogP contribution >= 0.6 is 11.3 Å². The normalized spacial score (nSPS) is 19.5. The number of fused-ring (bicyclic) bond motifs is 1. The number of amides is 1. The predicted molar refractivity (Wildman–Crippen MR) is 138 cm³/mol. The van der Waals surface area contributed by atoms with Crippen molar-refractivity contribution in [2.75, 3.05) is 27.3 Å². The van der Waals surface area contributed by atoms with E-state index in [0.717, 1.165) is 16.6 Å². The second-order valence-corrected chi connectivity index (χ2v) is 11.7. The molecule has 1 saturated heterocycles. The number of sulfonamides is 1. The molecule has 3 aromatic rings. The monoisotopic (exact) mass is 533 g/mol. The zero-order chi connectivity index (χ0) is 26.0. The van der Waals surface area contributed by atoms with Crippen LogP contribution in [-0.4, -0.2) is 62.7 Å². The highest BCUT2D eigenvalue weighted by Crippen LogP contribution is 2.33. The van der Waals surface area contributed by atoms with Crippen molar-refractivity contribution < 1.29 is 27.4 Å². The predicted octanol–water partition coefficient (Wildman–Crippen LogP) is 3.67. The molecule has 1 amide bonds. The molecular formula is C25H31N3O6S2. The fourth-order valence-electron chi connectivity index (χ4n) is 4.32. The van der Waals surface area contributed by atoms with E-state index in [0.29, 0.717) is 41.5 Å². The summed E-state index contributed by atoms with van der Waals surface area (Å²) in [6.45, 7) is 7.02. The van der Waals surface area contributed by atoms with Gasteiger partial charge in [-0.15, -0.1) is 0 Å². The summed E-state index contributed by atoms with van der Waals surface area (Å²) >= 11 is 1.39. The van der Waals surface area contributed by atoms with Crippen molar-refractivity contribution in [3.05, 3.63) is 46.8 Å². The lowest BCUT2D eigenvalue weighted by molar-refractivity contribution is -0.0440. The summed E-state index contributed by atoms with van der Waals surface area (Å²) in [4.78, 5) is 18.1. The number of hydrogen-bond donors (Lipinski definition) is 0. The Hall–Kier alpha value is -2.73. The van der Waals surface area contributed by atoms with Crippen molar-refractivity contribution >= 4 is 37.5 Å². The molecule has 0 N–H and O–H groups in total. The Labute approximate surface area is 215 Å². The number of aryl methyl sites for hydroxylation is 1. The number of benzene rings is 2. The van der Waals surface area contributed by atoms with Crippen molar-refractivity contribution in [2.24, 2.45) is 4.99 Å². The lowest BCUT2D eigenvalue weighted by Gasteiger charge is -2.34. The average molecular weight is 534 g/mol. The Balaban J connectivity index is 1.66. The molecule has 0 saturated carbocycles. The third kappa shape index (κ3) is 5.19. The zero-order valence-corrected chi connectivity index (χ0v) is 22.7. The van der Waals surface area contributed by atoms with Crippen LogP contribution in [0.15, 0.2) is 46.3 Å². The van der Waals surface area contributed by atoms with E-state index in [4.69, 9.17) is 14.2 Å². The van der Waals surface area contributed by atoms with Gasteiger partial charge >= 0.3 is 0 Å². The largest absolute Gasteiger partial charge is 0.493 e. The van der Waals surface area contributed by atoms with Gasteiger partial charge in [0.2, 0.25) is 10.0 Å². The maximum Gasteiger partial charge on any atom is 0.279 e. The molecule has 2 heterocycles. The van der Waals surface area contributed by atoms with E-state index in [1.54, 1.807) is 14.2 Å². The molecule has 194 valence electrons. The first-order chi connectivity index (χ1) is 17.2. The molecule has 0 bridgehead atoms. The van der Waals surface area contributed by atoms with Crippen molar-refractivity contribution in [2.45, 2.75) is 50.8 Å². The molecule has 0 radical (unpaired) electrons. The number of carbonyl (C=O) groups is 1. The summed E-state index contributed by atoms with van der Waals surface area (Å²) in [7, 11) is -0.526. The van der Waals surface area contributed by atoms with Crippen LogP contribution in [0.25, 0.3) is 10.2 Å². The molecule has 1 aliphatic rings. The number of hydrogen-bond acceptors (Lipinski definition) is 7. The van der Waals surface area contributed by atoms with Crippen LogP contribution in [0, 0.1) is 0 Å². The minimum absolute atomic E-state index is 0.141. The molecule has 2 aromatic carbocycles. The van der Waals surface area contributed by atoms with E-state index in [-0.39, 0.29) is 17.1 Å². The van der Waals surface area contributed by atoms with E-state index in [9.17, 15) is 13.2 Å². The van der Waals surface area contributed by atoms with Crippen LogP contribution in [0.3, 0.4) is 0 Å². The quantitative estimate of drug-likeness (QED) is 0.460. The third-order valence-corrected chi connectivity index (χ3v) is 8.84. The average Bonchev–Trinajstić information content (AvgIpc) is 3.18. The van der Waals surface area contributed by atoms with Gasteiger partial charge in [0, 0.05) is 37.3 Å². The first-order valence-corrected chi connectivity index (χ1v) is 14.0. The maximum atomic E-state index is 13.1. The van der Waals surface area contributed by atoms with Gasteiger partial charge in [-0.05, 0) is 44.5 Å². The number of ether oxygens (including phenoxy) is 3. The molecule has 2 atom stereocenters. The summed E-state index contributed by atoms with van der Waals surface area (Å²) in [6, 6.07) is 9.71. The number of morpholine rings is 1. The summed E-state index contributed by atoms with van der Waals surface area (Å²) in [5.74, 6) is 0.767. The van der Waals surface area contributed by atoms with Crippen LogP contribution in [0.4, 0.5) is 0 Å². The van der Waals surface area contributed by atoms with Gasteiger partial charge in [-0.3, -0.25) is 4.79 Å². The van der Waals surface area contributed by atoms with Gasteiger partial charge in [0.1, 0.15) is 0 Å². The number of aromatic nitrogens is 1. The molecule has 0 spiro atoms. The van der Waals surface area contributed by atoms with Gasteiger partial charge in [-0.1, -0.05) is 18.3 Å². The fraction of sp³-hybridized carbons (Fsp3) is 0.440. The van der Waals surface area contributed by atoms with E-state index < -0.39 is 15.9 Å². The molecule has 36 heavy (non-hydrogen) atoms. The van der Waals surface area contributed by atoms with Crippen LogP contribution in [0.2, 0.25) is 0 Å². The second-order valence-electron chi connectivity index (χ2n) is 8.73. The lowest BCUT2D eigenvalue weighted by Crippen LogP contribution is -2.48. The number of thiazole rings is 1. The van der Waals surface area contributed by atoms with Gasteiger partial charge < -0.3 is 18.8 Å². The van der Waals surface area contributed by atoms with Crippen molar-refractivity contribution in [1.29, 1.82) is 0 Å². The van der Waals surface area contributed by atoms with Gasteiger partial charge in [-0.25, -0.2) is 8.42 Å². The molecule has 0 unspecified atom stereocenters. The van der Waals surface area contributed by atoms with Crippen LogP contribution in [0.5, 0.6) is 11.5 Å². The van der Waals surface area contributed by atoms with E-state index in [2.05, 4.69) is 11.9 Å². The molecule has 1 fully saturated rings. The standard InChI is InChI=1S/C25H31N3O6S2/c1-6-11-28-20-12-21(32-4)22(33-5)13-23(20)35-25(28)26-24(29)18-7-9-19(10-8-18)36(30,31)27-14-16(2)34-17(3)15-27/h7-10,12-13,16-17H,6,11,14-15H2,1-5H3/t16-,17-/m0/s1. The Morgan fingerprint density at radius 3 is 2.28 bits per heavy atom. The molecular weight excluding hydrogens is 502 g/mol. The van der Waals surface area contributed by atoms with Crippen LogP contribution in [0.1, 0.15) is 37.6 Å². The van der Waals surface area contributed by atoms with E-state index in [1.165, 1.54) is 39.9 Å². The summed E-state index contributed by atoms with van der Waals surface area (Å²) in [5.41, 5.74) is 1.22.